The summed E-state index contributed by atoms with van der Waals surface area (Å²) in [7, 11) is 1.39. The highest BCUT2D eigenvalue weighted by atomic mass is 79.9. The largest absolute Gasteiger partial charge is 0.465 e. The molecule has 0 fully saturated rings. The quantitative estimate of drug-likeness (QED) is 0.600. The summed E-state index contributed by atoms with van der Waals surface area (Å²) in [5.74, 6) is -0.281. The molecule has 0 radical (unpaired) electrons. The molecule has 0 aromatic heterocycles. The molecule has 1 aromatic rings. The van der Waals surface area contributed by atoms with Crippen LogP contribution in [0, 0.1) is 6.92 Å². The SMILES string of the molecule is COC(=O)c1ccc(C(C)Br)cc1C. The number of ether oxygens (including phenoxy) is 1. The smallest absolute Gasteiger partial charge is 0.338 e. The third kappa shape index (κ3) is 2.35. The monoisotopic (exact) mass is 256 g/mol. The lowest BCUT2D eigenvalue weighted by Gasteiger charge is -2.08. The van der Waals surface area contributed by atoms with Gasteiger partial charge in [0.15, 0.2) is 0 Å². The van der Waals surface area contributed by atoms with E-state index in [2.05, 4.69) is 20.7 Å². The Bertz CT molecular complexity index is 345. The summed E-state index contributed by atoms with van der Waals surface area (Å²) in [6.45, 7) is 3.96. The lowest BCUT2D eigenvalue weighted by atomic mass is 10.0. The first-order chi connectivity index (χ1) is 6.56. The van der Waals surface area contributed by atoms with E-state index in [0.717, 1.165) is 11.1 Å². The topological polar surface area (TPSA) is 26.3 Å². The number of rotatable bonds is 2. The Kier molecular flexibility index (Phi) is 3.69. The Balaban J connectivity index is 3.07. The summed E-state index contributed by atoms with van der Waals surface area (Å²) in [6, 6.07) is 5.72. The third-order valence-corrected chi connectivity index (χ3v) is 2.64. The van der Waals surface area contributed by atoms with Crippen molar-refractivity contribution < 1.29 is 9.53 Å². The predicted molar refractivity (Wildman–Crippen MR) is 59.9 cm³/mol. The predicted octanol–water partition coefficient (Wildman–Crippen LogP) is 3.24. The second-order valence-corrected chi connectivity index (χ2v) is 4.56. The number of aryl methyl sites for hydroxylation is 1. The molecule has 0 N–H and O–H groups in total. The highest BCUT2D eigenvalue weighted by Gasteiger charge is 2.10. The van der Waals surface area contributed by atoms with Gasteiger partial charge in [0, 0.05) is 4.83 Å². The van der Waals surface area contributed by atoms with Crippen molar-refractivity contribution in [2.24, 2.45) is 0 Å². The van der Waals surface area contributed by atoms with E-state index in [0.29, 0.717) is 10.4 Å². The molecule has 1 rings (SSSR count). The number of hydrogen-bond acceptors (Lipinski definition) is 2. The standard InChI is InChI=1S/C11H13BrO2/c1-7-6-9(8(2)12)4-5-10(7)11(13)14-3/h4-6,8H,1-3H3. The van der Waals surface area contributed by atoms with Crippen LogP contribution >= 0.6 is 15.9 Å². The molecule has 0 saturated carbocycles. The van der Waals surface area contributed by atoms with Gasteiger partial charge in [-0.1, -0.05) is 28.1 Å². The molecular formula is C11H13BrO2. The van der Waals surface area contributed by atoms with Gasteiger partial charge in [0.05, 0.1) is 12.7 Å². The summed E-state index contributed by atoms with van der Waals surface area (Å²) < 4.78 is 4.67. The van der Waals surface area contributed by atoms with Gasteiger partial charge in [-0.2, -0.15) is 0 Å². The number of esters is 1. The lowest BCUT2D eigenvalue weighted by molar-refractivity contribution is 0.0600. The number of carbonyl (C=O) groups is 1. The van der Waals surface area contributed by atoms with E-state index in [1.165, 1.54) is 7.11 Å². The minimum atomic E-state index is -0.281. The van der Waals surface area contributed by atoms with Crippen molar-refractivity contribution in [1.82, 2.24) is 0 Å². The number of methoxy groups -OCH3 is 1. The molecular weight excluding hydrogens is 244 g/mol. The molecule has 0 saturated heterocycles. The molecule has 0 spiro atoms. The Hall–Kier alpha value is -0.830. The van der Waals surface area contributed by atoms with Crippen molar-refractivity contribution in [2.75, 3.05) is 7.11 Å². The molecule has 0 bridgehead atoms. The van der Waals surface area contributed by atoms with Gasteiger partial charge in [0.25, 0.3) is 0 Å². The second kappa shape index (κ2) is 4.60. The van der Waals surface area contributed by atoms with Crippen LogP contribution in [0.5, 0.6) is 0 Å². The first-order valence-corrected chi connectivity index (χ1v) is 5.30. The molecule has 0 heterocycles. The van der Waals surface area contributed by atoms with Crippen LogP contribution in [0.1, 0.15) is 33.2 Å². The van der Waals surface area contributed by atoms with Crippen molar-refractivity contribution >= 4 is 21.9 Å². The maximum atomic E-state index is 11.3. The fourth-order valence-electron chi connectivity index (χ4n) is 1.27. The van der Waals surface area contributed by atoms with Gasteiger partial charge in [-0.05, 0) is 31.0 Å². The van der Waals surface area contributed by atoms with Crippen molar-refractivity contribution in [3.05, 3.63) is 34.9 Å². The van der Waals surface area contributed by atoms with E-state index >= 15 is 0 Å². The number of alkyl halides is 1. The number of carbonyl (C=O) groups excluding carboxylic acids is 1. The maximum absolute atomic E-state index is 11.3. The van der Waals surface area contributed by atoms with Crippen LogP contribution in [0.4, 0.5) is 0 Å². The highest BCUT2D eigenvalue weighted by molar-refractivity contribution is 9.09. The van der Waals surface area contributed by atoms with Crippen LogP contribution in [0.3, 0.4) is 0 Å². The minimum absolute atomic E-state index is 0.281. The van der Waals surface area contributed by atoms with Crippen molar-refractivity contribution in [3.63, 3.8) is 0 Å². The first kappa shape index (κ1) is 11.2. The fraction of sp³-hybridized carbons (Fsp3) is 0.364. The van der Waals surface area contributed by atoms with Gasteiger partial charge in [-0.15, -0.1) is 0 Å². The van der Waals surface area contributed by atoms with E-state index in [-0.39, 0.29) is 5.97 Å². The van der Waals surface area contributed by atoms with Crippen molar-refractivity contribution in [1.29, 1.82) is 0 Å². The van der Waals surface area contributed by atoms with Crippen molar-refractivity contribution in [3.8, 4) is 0 Å². The van der Waals surface area contributed by atoms with Crippen LogP contribution in [-0.4, -0.2) is 13.1 Å². The lowest BCUT2D eigenvalue weighted by Crippen LogP contribution is -2.04. The molecule has 14 heavy (non-hydrogen) atoms. The molecule has 2 nitrogen and oxygen atoms in total. The zero-order chi connectivity index (χ0) is 10.7. The molecule has 0 aliphatic rings. The number of hydrogen-bond donors (Lipinski definition) is 0. The molecule has 0 aliphatic heterocycles. The zero-order valence-corrected chi connectivity index (χ0v) is 10.1. The zero-order valence-electron chi connectivity index (χ0n) is 8.50. The molecule has 1 unspecified atom stereocenters. The minimum Gasteiger partial charge on any atom is -0.465 e. The van der Waals surface area contributed by atoms with Crippen molar-refractivity contribution in [2.45, 2.75) is 18.7 Å². The van der Waals surface area contributed by atoms with Gasteiger partial charge in [-0.25, -0.2) is 4.79 Å². The van der Waals surface area contributed by atoms with Gasteiger partial charge in [0.2, 0.25) is 0 Å². The third-order valence-electron chi connectivity index (χ3n) is 2.12. The van der Waals surface area contributed by atoms with Gasteiger partial charge in [0.1, 0.15) is 0 Å². The van der Waals surface area contributed by atoms with Gasteiger partial charge < -0.3 is 4.74 Å². The van der Waals surface area contributed by atoms with Crippen LogP contribution in [0.15, 0.2) is 18.2 Å². The van der Waals surface area contributed by atoms with E-state index in [1.807, 2.05) is 26.0 Å². The molecule has 0 amide bonds. The summed E-state index contributed by atoms with van der Waals surface area (Å²) in [5.41, 5.74) is 2.74. The van der Waals surface area contributed by atoms with Crippen LogP contribution in [0.25, 0.3) is 0 Å². The Morgan fingerprint density at radius 3 is 2.57 bits per heavy atom. The van der Waals surface area contributed by atoms with Gasteiger partial charge >= 0.3 is 5.97 Å². The summed E-state index contributed by atoms with van der Waals surface area (Å²) >= 11 is 3.48. The molecule has 1 atom stereocenters. The summed E-state index contributed by atoms with van der Waals surface area (Å²) in [5, 5.41) is 0. The van der Waals surface area contributed by atoms with E-state index in [4.69, 9.17) is 0 Å². The Morgan fingerprint density at radius 2 is 2.14 bits per heavy atom. The average molecular weight is 257 g/mol. The molecule has 1 aromatic carbocycles. The summed E-state index contributed by atoms with van der Waals surface area (Å²) in [6.07, 6.45) is 0. The second-order valence-electron chi connectivity index (χ2n) is 3.18. The highest BCUT2D eigenvalue weighted by Crippen LogP contribution is 2.23. The van der Waals surface area contributed by atoms with E-state index in [1.54, 1.807) is 6.07 Å². The first-order valence-electron chi connectivity index (χ1n) is 4.39. The number of halogens is 1. The Morgan fingerprint density at radius 1 is 1.50 bits per heavy atom. The van der Waals surface area contributed by atoms with Crippen LogP contribution in [0.2, 0.25) is 0 Å². The number of benzene rings is 1. The molecule has 3 heteroatoms. The summed E-state index contributed by atoms with van der Waals surface area (Å²) in [4.78, 5) is 11.6. The fourth-order valence-corrected chi connectivity index (χ4v) is 1.56. The Labute approximate surface area is 92.4 Å². The average Bonchev–Trinajstić information content (AvgIpc) is 2.16. The van der Waals surface area contributed by atoms with Crippen LogP contribution < -0.4 is 0 Å². The van der Waals surface area contributed by atoms with E-state index in [9.17, 15) is 4.79 Å². The normalized spacial score (nSPS) is 12.3. The molecule has 76 valence electrons. The van der Waals surface area contributed by atoms with Gasteiger partial charge in [-0.3, -0.25) is 0 Å². The molecule has 0 aliphatic carbocycles. The van der Waals surface area contributed by atoms with E-state index < -0.39 is 0 Å². The van der Waals surface area contributed by atoms with Crippen LogP contribution in [-0.2, 0) is 4.74 Å². The maximum Gasteiger partial charge on any atom is 0.338 e.